The highest BCUT2D eigenvalue weighted by atomic mass is 35.5. The molecular formula is C10H10ClN3O. The minimum absolute atomic E-state index is 0.453. The van der Waals surface area contributed by atoms with Crippen LogP contribution in [0.25, 0.3) is 0 Å². The lowest BCUT2D eigenvalue weighted by molar-refractivity contribution is 0.209. The molecule has 0 aliphatic heterocycles. The summed E-state index contributed by atoms with van der Waals surface area (Å²) in [4.78, 5) is 3.94. The van der Waals surface area contributed by atoms with E-state index in [1.165, 1.54) is 6.20 Å². The third kappa shape index (κ3) is 1.86. The third-order valence-electron chi connectivity index (χ3n) is 2.20. The lowest BCUT2D eigenvalue weighted by Crippen LogP contribution is -2.07. The molecule has 0 radical (unpaired) electrons. The fourth-order valence-corrected chi connectivity index (χ4v) is 1.69. The van der Waals surface area contributed by atoms with Crippen molar-refractivity contribution in [1.82, 2.24) is 14.8 Å². The number of aryl methyl sites for hydroxylation is 1. The van der Waals surface area contributed by atoms with Crippen LogP contribution in [0.5, 0.6) is 0 Å². The first kappa shape index (κ1) is 10.1. The molecule has 2 rings (SSSR count). The average Bonchev–Trinajstić information content (AvgIpc) is 2.59. The Labute approximate surface area is 92.1 Å². The van der Waals surface area contributed by atoms with E-state index in [2.05, 4.69) is 10.1 Å². The lowest BCUT2D eigenvalue weighted by Gasteiger charge is -2.11. The molecule has 1 N–H and O–H groups in total. The van der Waals surface area contributed by atoms with E-state index in [4.69, 9.17) is 11.6 Å². The van der Waals surface area contributed by atoms with Gasteiger partial charge in [-0.3, -0.25) is 9.67 Å². The fraction of sp³-hybridized carbons (Fsp3) is 0.200. The van der Waals surface area contributed by atoms with Crippen LogP contribution in [0, 0.1) is 0 Å². The summed E-state index contributed by atoms with van der Waals surface area (Å²) in [5, 5.41) is 14.5. The van der Waals surface area contributed by atoms with E-state index >= 15 is 0 Å². The summed E-state index contributed by atoms with van der Waals surface area (Å²) in [6, 6.07) is 3.56. The Morgan fingerprint density at radius 1 is 1.47 bits per heavy atom. The minimum Gasteiger partial charge on any atom is -0.382 e. The van der Waals surface area contributed by atoms with Crippen molar-refractivity contribution in [3.05, 3.63) is 47.0 Å². The molecule has 4 nitrogen and oxygen atoms in total. The summed E-state index contributed by atoms with van der Waals surface area (Å²) in [7, 11) is 1.74. The molecule has 0 spiro atoms. The molecule has 1 unspecified atom stereocenters. The molecule has 0 fully saturated rings. The molecule has 2 heterocycles. The quantitative estimate of drug-likeness (QED) is 0.841. The normalized spacial score (nSPS) is 12.7. The van der Waals surface area contributed by atoms with E-state index in [1.54, 1.807) is 36.3 Å². The molecule has 2 aromatic rings. The molecule has 0 aromatic carbocycles. The van der Waals surface area contributed by atoms with Gasteiger partial charge in [-0.05, 0) is 6.07 Å². The van der Waals surface area contributed by atoms with Crippen LogP contribution in [0.15, 0.2) is 30.7 Å². The molecule has 0 saturated heterocycles. The van der Waals surface area contributed by atoms with Crippen molar-refractivity contribution in [2.75, 3.05) is 0 Å². The molecule has 15 heavy (non-hydrogen) atoms. The SMILES string of the molecule is Cn1ncc(Cl)c1C(O)c1cccnc1. The van der Waals surface area contributed by atoms with E-state index in [0.29, 0.717) is 16.3 Å². The Morgan fingerprint density at radius 3 is 2.80 bits per heavy atom. The van der Waals surface area contributed by atoms with Crippen LogP contribution < -0.4 is 0 Å². The third-order valence-corrected chi connectivity index (χ3v) is 2.49. The summed E-state index contributed by atoms with van der Waals surface area (Å²) in [5.41, 5.74) is 1.27. The Morgan fingerprint density at radius 2 is 2.27 bits per heavy atom. The monoisotopic (exact) mass is 223 g/mol. The predicted molar refractivity (Wildman–Crippen MR) is 56.5 cm³/mol. The van der Waals surface area contributed by atoms with Crippen molar-refractivity contribution in [3.8, 4) is 0 Å². The first-order valence-corrected chi connectivity index (χ1v) is 4.83. The zero-order chi connectivity index (χ0) is 10.8. The number of pyridine rings is 1. The Balaban J connectivity index is 2.41. The number of rotatable bonds is 2. The molecule has 0 aliphatic carbocycles. The number of nitrogens with zero attached hydrogens (tertiary/aromatic N) is 3. The Kier molecular flexibility index (Phi) is 2.70. The molecule has 78 valence electrons. The second-order valence-corrected chi connectivity index (χ2v) is 3.60. The van der Waals surface area contributed by atoms with Crippen molar-refractivity contribution < 1.29 is 5.11 Å². The number of halogens is 1. The van der Waals surface area contributed by atoms with Gasteiger partial charge in [-0.2, -0.15) is 5.10 Å². The summed E-state index contributed by atoms with van der Waals surface area (Å²) in [6.45, 7) is 0. The molecule has 0 bridgehead atoms. The number of aliphatic hydroxyl groups excluding tert-OH is 1. The maximum atomic E-state index is 10.1. The van der Waals surface area contributed by atoms with Gasteiger partial charge < -0.3 is 5.11 Å². The fourth-order valence-electron chi connectivity index (χ4n) is 1.42. The van der Waals surface area contributed by atoms with E-state index in [9.17, 15) is 5.11 Å². The first-order valence-electron chi connectivity index (χ1n) is 4.45. The number of hydrogen-bond donors (Lipinski definition) is 1. The zero-order valence-electron chi connectivity index (χ0n) is 8.13. The van der Waals surface area contributed by atoms with Crippen LogP contribution in [-0.4, -0.2) is 19.9 Å². The van der Waals surface area contributed by atoms with Gasteiger partial charge >= 0.3 is 0 Å². The Bertz CT molecular complexity index is 435. The van der Waals surface area contributed by atoms with Gasteiger partial charge in [0.15, 0.2) is 0 Å². The minimum atomic E-state index is -0.793. The van der Waals surface area contributed by atoms with Crippen molar-refractivity contribution in [3.63, 3.8) is 0 Å². The topological polar surface area (TPSA) is 50.9 Å². The van der Waals surface area contributed by atoms with Gasteiger partial charge in [-0.25, -0.2) is 0 Å². The average molecular weight is 224 g/mol. The maximum absolute atomic E-state index is 10.1. The molecule has 2 aromatic heterocycles. The largest absolute Gasteiger partial charge is 0.382 e. The molecular weight excluding hydrogens is 214 g/mol. The van der Waals surface area contributed by atoms with Crippen LogP contribution >= 0.6 is 11.6 Å². The summed E-state index contributed by atoms with van der Waals surface area (Å²) >= 11 is 5.93. The van der Waals surface area contributed by atoms with Crippen LogP contribution in [0.3, 0.4) is 0 Å². The van der Waals surface area contributed by atoms with Crippen molar-refractivity contribution in [2.45, 2.75) is 6.10 Å². The predicted octanol–water partition coefficient (Wildman–Crippen LogP) is 1.55. The van der Waals surface area contributed by atoms with Crippen molar-refractivity contribution in [1.29, 1.82) is 0 Å². The van der Waals surface area contributed by atoms with Crippen molar-refractivity contribution >= 4 is 11.6 Å². The molecule has 1 atom stereocenters. The standard InChI is InChI=1S/C10H10ClN3O/c1-14-9(8(11)6-13-14)10(15)7-3-2-4-12-5-7/h2-6,10,15H,1H3. The van der Waals surface area contributed by atoms with Crippen LogP contribution in [-0.2, 0) is 7.05 Å². The smallest absolute Gasteiger partial charge is 0.124 e. The highest BCUT2D eigenvalue weighted by Gasteiger charge is 2.18. The number of aromatic nitrogens is 3. The van der Waals surface area contributed by atoms with Crippen LogP contribution in [0.1, 0.15) is 17.4 Å². The summed E-state index contributed by atoms with van der Waals surface area (Å²) < 4.78 is 1.56. The molecule has 0 saturated carbocycles. The van der Waals surface area contributed by atoms with E-state index in [1.807, 2.05) is 0 Å². The second kappa shape index (κ2) is 4.00. The molecule has 5 heteroatoms. The van der Waals surface area contributed by atoms with Gasteiger partial charge in [0.05, 0.1) is 16.9 Å². The van der Waals surface area contributed by atoms with Crippen LogP contribution in [0.2, 0.25) is 5.02 Å². The Hall–Kier alpha value is -1.39. The van der Waals surface area contributed by atoms with Gasteiger partial charge in [-0.15, -0.1) is 0 Å². The molecule has 0 amide bonds. The number of aliphatic hydroxyl groups is 1. The van der Waals surface area contributed by atoms with Crippen LogP contribution in [0.4, 0.5) is 0 Å². The number of hydrogen-bond acceptors (Lipinski definition) is 3. The maximum Gasteiger partial charge on any atom is 0.124 e. The zero-order valence-corrected chi connectivity index (χ0v) is 8.89. The van der Waals surface area contributed by atoms with Gasteiger partial charge in [0.1, 0.15) is 6.10 Å². The highest BCUT2D eigenvalue weighted by molar-refractivity contribution is 6.31. The summed E-state index contributed by atoms with van der Waals surface area (Å²) in [5.74, 6) is 0. The van der Waals surface area contributed by atoms with Gasteiger partial charge in [-0.1, -0.05) is 17.7 Å². The van der Waals surface area contributed by atoms with E-state index in [0.717, 1.165) is 0 Å². The first-order chi connectivity index (χ1) is 7.20. The second-order valence-electron chi connectivity index (χ2n) is 3.19. The molecule has 0 aliphatic rings. The van der Waals surface area contributed by atoms with Gasteiger partial charge in [0.25, 0.3) is 0 Å². The lowest BCUT2D eigenvalue weighted by atomic mass is 10.1. The highest BCUT2D eigenvalue weighted by Crippen LogP contribution is 2.26. The summed E-state index contributed by atoms with van der Waals surface area (Å²) in [6.07, 6.45) is 3.98. The van der Waals surface area contributed by atoms with Gasteiger partial charge in [0.2, 0.25) is 0 Å². The van der Waals surface area contributed by atoms with Crippen molar-refractivity contribution in [2.24, 2.45) is 7.05 Å². The van der Waals surface area contributed by atoms with Gasteiger partial charge in [0, 0.05) is 25.0 Å². The van der Waals surface area contributed by atoms with E-state index in [-0.39, 0.29) is 0 Å². The van der Waals surface area contributed by atoms with E-state index < -0.39 is 6.10 Å².